The third kappa shape index (κ3) is 4.51. The van der Waals surface area contributed by atoms with Crippen LogP contribution in [0.1, 0.15) is 29.8 Å². The number of hydrogen-bond acceptors (Lipinski definition) is 6. The molecule has 1 atom stereocenters. The largest absolute Gasteiger partial charge is 0.341 e. The number of fused-ring (bicyclic) bond motifs is 2. The quantitative estimate of drug-likeness (QED) is 0.364. The van der Waals surface area contributed by atoms with Crippen LogP contribution < -0.4 is 21.9 Å². The minimum absolute atomic E-state index is 0.00785. The number of halogens is 1. The molecule has 200 valence electrons. The van der Waals surface area contributed by atoms with Gasteiger partial charge in [-0.2, -0.15) is 4.98 Å². The molecule has 4 heterocycles. The average Bonchev–Trinajstić information content (AvgIpc) is 3.30. The zero-order valence-corrected chi connectivity index (χ0v) is 22.7. The van der Waals surface area contributed by atoms with Crippen LogP contribution >= 0.6 is 11.6 Å². The van der Waals surface area contributed by atoms with Gasteiger partial charge in [0.25, 0.3) is 5.56 Å². The van der Waals surface area contributed by atoms with Crippen molar-refractivity contribution in [3.8, 4) is 0 Å². The van der Waals surface area contributed by atoms with Crippen molar-refractivity contribution < 1.29 is 0 Å². The summed E-state index contributed by atoms with van der Waals surface area (Å²) in [4.78, 5) is 39.4. The summed E-state index contributed by atoms with van der Waals surface area (Å²) in [6.07, 6.45) is 1.86. The number of anilines is 1. The lowest BCUT2D eigenvalue weighted by Gasteiger charge is -2.32. The summed E-state index contributed by atoms with van der Waals surface area (Å²) in [5, 5.41) is 2.52. The molecule has 10 heteroatoms. The zero-order valence-electron chi connectivity index (χ0n) is 22.0. The van der Waals surface area contributed by atoms with E-state index in [0.717, 1.165) is 41.4 Å². The highest BCUT2D eigenvalue weighted by Gasteiger charge is 2.27. The molecule has 1 unspecified atom stereocenters. The van der Waals surface area contributed by atoms with Crippen LogP contribution in [0.5, 0.6) is 0 Å². The lowest BCUT2D eigenvalue weighted by atomic mass is 10.1. The minimum atomic E-state index is -0.441. The molecular weight excluding hydrogens is 514 g/mol. The van der Waals surface area contributed by atoms with Crippen LogP contribution in [0.25, 0.3) is 21.9 Å². The van der Waals surface area contributed by atoms with E-state index in [1.54, 1.807) is 7.05 Å². The number of aryl methyl sites for hydroxylation is 2. The molecule has 2 N–H and O–H groups in total. The van der Waals surface area contributed by atoms with Crippen LogP contribution in [0.4, 0.5) is 5.95 Å². The van der Waals surface area contributed by atoms with E-state index in [9.17, 15) is 9.59 Å². The first-order chi connectivity index (χ1) is 18.8. The van der Waals surface area contributed by atoms with Gasteiger partial charge in [0.05, 0.1) is 18.8 Å². The van der Waals surface area contributed by atoms with Crippen molar-refractivity contribution in [2.75, 3.05) is 18.0 Å². The van der Waals surface area contributed by atoms with Gasteiger partial charge in [-0.1, -0.05) is 54.1 Å². The summed E-state index contributed by atoms with van der Waals surface area (Å²) >= 11 is 6.54. The van der Waals surface area contributed by atoms with E-state index >= 15 is 0 Å². The SMILES string of the molecule is Cc1cc2ccccc2c(Cn2c(=O)c3c(nc(N4CCCC(N)C4)n3Cc3ccccc3Cl)n(C)c2=O)n1. The summed E-state index contributed by atoms with van der Waals surface area (Å²) < 4.78 is 4.59. The molecule has 3 aromatic heterocycles. The van der Waals surface area contributed by atoms with Crippen LogP contribution in [0, 0.1) is 6.92 Å². The fraction of sp³-hybridized carbons (Fsp3) is 0.310. The summed E-state index contributed by atoms with van der Waals surface area (Å²) in [6, 6.07) is 17.4. The van der Waals surface area contributed by atoms with Crippen molar-refractivity contribution in [2.45, 2.75) is 38.9 Å². The number of piperidine rings is 1. The van der Waals surface area contributed by atoms with Gasteiger partial charge in [-0.25, -0.2) is 4.79 Å². The monoisotopic (exact) mass is 543 g/mol. The maximum Gasteiger partial charge on any atom is 0.332 e. The molecule has 5 aromatic rings. The molecular formula is C29H30ClN7O2. The number of nitrogens with two attached hydrogens (primary N) is 1. The minimum Gasteiger partial charge on any atom is -0.341 e. The zero-order chi connectivity index (χ0) is 27.3. The second-order valence-electron chi connectivity index (χ2n) is 10.3. The topological polar surface area (TPSA) is 104 Å². The first-order valence-electron chi connectivity index (χ1n) is 13.1. The average molecular weight is 544 g/mol. The predicted molar refractivity (Wildman–Crippen MR) is 155 cm³/mol. The highest BCUT2D eigenvalue weighted by atomic mass is 35.5. The number of imidazole rings is 1. The molecule has 0 spiro atoms. The molecule has 39 heavy (non-hydrogen) atoms. The highest BCUT2D eigenvalue weighted by molar-refractivity contribution is 6.31. The molecule has 1 fully saturated rings. The highest BCUT2D eigenvalue weighted by Crippen LogP contribution is 2.26. The lowest BCUT2D eigenvalue weighted by Crippen LogP contribution is -2.44. The van der Waals surface area contributed by atoms with Gasteiger partial charge in [-0.05, 0) is 42.8 Å². The Morgan fingerprint density at radius 1 is 1.03 bits per heavy atom. The Hall–Kier alpha value is -3.95. The van der Waals surface area contributed by atoms with E-state index in [1.165, 1.54) is 9.13 Å². The van der Waals surface area contributed by atoms with Crippen LogP contribution in [-0.4, -0.2) is 42.8 Å². The third-order valence-electron chi connectivity index (χ3n) is 7.49. The van der Waals surface area contributed by atoms with Crippen LogP contribution in [0.15, 0.2) is 64.2 Å². The molecule has 1 saturated heterocycles. The molecule has 9 nitrogen and oxygen atoms in total. The second-order valence-corrected chi connectivity index (χ2v) is 10.7. The predicted octanol–water partition coefficient (Wildman–Crippen LogP) is 3.43. The fourth-order valence-electron chi connectivity index (χ4n) is 5.57. The van der Waals surface area contributed by atoms with E-state index in [1.807, 2.05) is 66.1 Å². The molecule has 6 rings (SSSR count). The van der Waals surface area contributed by atoms with Crippen molar-refractivity contribution in [3.63, 3.8) is 0 Å². The van der Waals surface area contributed by atoms with Gasteiger partial charge in [0, 0.05) is 42.3 Å². The molecule has 1 aliphatic rings. The summed E-state index contributed by atoms with van der Waals surface area (Å²) in [6.45, 7) is 3.67. The third-order valence-corrected chi connectivity index (χ3v) is 7.86. The number of aromatic nitrogens is 5. The Labute approximate surface area is 230 Å². The van der Waals surface area contributed by atoms with Gasteiger partial charge in [0.15, 0.2) is 11.2 Å². The fourth-order valence-corrected chi connectivity index (χ4v) is 5.76. The van der Waals surface area contributed by atoms with E-state index in [-0.39, 0.29) is 12.6 Å². The van der Waals surface area contributed by atoms with Gasteiger partial charge in [-0.15, -0.1) is 0 Å². The van der Waals surface area contributed by atoms with Gasteiger partial charge in [0.2, 0.25) is 5.95 Å². The Bertz CT molecular complexity index is 1840. The first-order valence-corrected chi connectivity index (χ1v) is 13.5. The van der Waals surface area contributed by atoms with Crippen LogP contribution in [0.3, 0.4) is 0 Å². The summed E-state index contributed by atoms with van der Waals surface area (Å²) in [5.41, 5.74) is 8.49. The molecule has 0 bridgehead atoms. The number of benzene rings is 2. The van der Waals surface area contributed by atoms with Crippen molar-refractivity contribution in [1.29, 1.82) is 0 Å². The van der Waals surface area contributed by atoms with Gasteiger partial charge in [-0.3, -0.25) is 23.5 Å². The second kappa shape index (κ2) is 9.98. The number of rotatable bonds is 5. The Kier molecular flexibility index (Phi) is 6.48. The maximum atomic E-state index is 14.2. The van der Waals surface area contributed by atoms with Gasteiger partial charge < -0.3 is 10.6 Å². The Balaban J connectivity index is 1.58. The van der Waals surface area contributed by atoms with Crippen molar-refractivity contribution in [2.24, 2.45) is 12.8 Å². The Morgan fingerprint density at radius 2 is 1.79 bits per heavy atom. The molecule has 1 aliphatic heterocycles. The van der Waals surface area contributed by atoms with Gasteiger partial charge in [0.1, 0.15) is 0 Å². The van der Waals surface area contributed by atoms with Crippen molar-refractivity contribution in [1.82, 2.24) is 23.7 Å². The van der Waals surface area contributed by atoms with E-state index in [2.05, 4.69) is 4.90 Å². The van der Waals surface area contributed by atoms with Crippen LogP contribution in [0.2, 0.25) is 5.02 Å². The van der Waals surface area contributed by atoms with Crippen LogP contribution in [-0.2, 0) is 20.1 Å². The molecule has 0 saturated carbocycles. The van der Waals surface area contributed by atoms with E-state index < -0.39 is 11.2 Å². The Morgan fingerprint density at radius 3 is 2.59 bits per heavy atom. The smallest absolute Gasteiger partial charge is 0.332 e. The standard InChI is InChI=1S/C29H30ClN7O2/c1-18-14-19-8-3-5-11-22(19)24(32-18)17-37-27(38)25-26(34(2)29(37)39)33-28(35-13-7-10-21(31)16-35)36(25)15-20-9-4-6-12-23(20)30/h3-6,8-9,11-12,14,21H,7,10,13,15-17,31H2,1-2H3. The number of pyridine rings is 1. The van der Waals surface area contributed by atoms with Crippen molar-refractivity contribution in [3.05, 3.63) is 97.4 Å². The van der Waals surface area contributed by atoms with E-state index in [4.69, 9.17) is 27.3 Å². The first kappa shape index (κ1) is 25.3. The summed E-state index contributed by atoms with van der Waals surface area (Å²) in [7, 11) is 1.65. The number of hydrogen-bond donors (Lipinski definition) is 1. The summed E-state index contributed by atoms with van der Waals surface area (Å²) in [5.74, 6) is 0.615. The van der Waals surface area contributed by atoms with Gasteiger partial charge >= 0.3 is 5.69 Å². The number of nitrogens with zero attached hydrogens (tertiary/aromatic N) is 6. The van der Waals surface area contributed by atoms with E-state index in [0.29, 0.717) is 40.9 Å². The normalized spacial score (nSPS) is 15.9. The maximum absolute atomic E-state index is 14.2. The lowest BCUT2D eigenvalue weighted by molar-refractivity contribution is 0.495. The molecule has 0 amide bonds. The molecule has 2 aromatic carbocycles. The van der Waals surface area contributed by atoms with Crippen molar-refractivity contribution >= 4 is 39.5 Å². The molecule has 0 radical (unpaired) electrons. The molecule has 0 aliphatic carbocycles.